The van der Waals surface area contributed by atoms with E-state index in [-0.39, 0.29) is 0 Å². The molecule has 0 fully saturated rings. The maximum Gasteiger partial charge on any atom is 0.0783 e. The van der Waals surface area contributed by atoms with Gasteiger partial charge in [-0.25, -0.2) is 0 Å². The Bertz CT molecular complexity index is 2060. The molecule has 1 N–H and O–H groups in total. The Kier molecular flexibility index (Phi) is 3.42. The van der Waals surface area contributed by atoms with Gasteiger partial charge in [-0.1, -0.05) is 91.0 Å². The van der Waals surface area contributed by atoms with Crippen molar-refractivity contribution in [2.24, 2.45) is 0 Å². The summed E-state index contributed by atoms with van der Waals surface area (Å²) in [5, 5.41) is 10.1. The summed E-state index contributed by atoms with van der Waals surface area (Å²) in [5.74, 6) is 0. The maximum atomic E-state index is 3.76. The van der Waals surface area contributed by atoms with Crippen LogP contribution in [0.3, 0.4) is 0 Å². The van der Waals surface area contributed by atoms with Gasteiger partial charge in [0.1, 0.15) is 0 Å². The van der Waals surface area contributed by atoms with Crippen LogP contribution in [0.25, 0.3) is 70.8 Å². The van der Waals surface area contributed by atoms with Gasteiger partial charge in [0.25, 0.3) is 0 Å². The summed E-state index contributed by atoms with van der Waals surface area (Å²) in [6.07, 6.45) is 0. The van der Waals surface area contributed by atoms with E-state index in [9.17, 15) is 0 Å². The lowest BCUT2D eigenvalue weighted by atomic mass is 10.1. The zero-order chi connectivity index (χ0) is 22.2. The van der Waals surface area contributed by atoms with Crippen LogP contribution in [0.15, 0.2) is 115 Å². The van der Waals surface area contributed by atoms with E-state index in [1.807, 2.05) is 0 Å². The summed E-state index contributed by atoms with van der Waals surface area (Å²) < 4.78 is 2.47. The molecular formula is C32H20N2. The molecule has 0 aliphatic carbocycles. The third kappa shape index (κ3) is 2.29. The lowest BCUT2D eigenvalue weighted by molar-refractivity contribution is 1.20. The number of H-pyrrole nitrogens is 1. The van der Waals surface area contributed by atoms with Gasteiger partial charge in [-0.2, -0.15) is 0 Å². The van der Waals surface area contributed by atoms with Crippen LogP contribution >= 0.6 is 0 Å². The van der Waals surface area contributed by atoms with Crippen molar-refractivity contribution in [2.45, 2.75) is 0 Å². The Morgan fingerprint density at radius 3 is 2.03 bits per heavy atom. The van der Waals surface area contributed by atoms with Gasteiger partial charge in [0.2, 0.25) is 0 Å². The van der Waals surface area contributed by atoms with Crippen molar-refractivity contribution in [1.82, 2.24) is 9.55 Å². The van der Waals surface area contributed by atoms with Crippen molar-refractivity contribution in [2.75, 3.05) is 0 Å². The Hall–Kier alpha value is -4.56. The van der Waals surface area contributed by atoms with Gasteiger partial charge in [0.15, 0.2) is 0 Å². The second kappa shape index (κ2) is 6.49. The van der Waals surface area contributed by atoms with Gasteiger partial charge >= 0.3 is 0 Å². The summed E-state index contributed by atoms with van der Waals surface area (Å²) in [5.41, 5.74) is 6.03. The van der Waals surface area contributed by atoms with Gasteiger partial charge in [-0.3, -0.25) is 0 Å². The Labute approximate surface area is 195 Å². The minimum absolute atomic E-state index is 1.17. The minimum atomic E-state index is 1.17. The molecule has 0 amide bonds. The zero-order valence-corrected chi connectivity index (χ0v) is 18.4. The van der Waals surface area contributed by atoms with E-state index in [4.69, 9.17) is 0 Å². The number of hydrogen-bond donors (Lipinski definition) is 1. The summed E-state index contributed by atoms with van der Waals surface area (Å²) in [6.45, 7) is 0. The third-order valence-electron chi connectivity index (χ3n) is 7.28. The average Bonchev–Trinajstić information content (AvgIpc) is 3.42. The topological polar surface area (TPSA) is 20.7 Å². The molecule has 0 aliphatic heterocycles. The summed E-state index contributed by atoms with van der Waals surface area (Å²) in [6, 6.07) is 41.8. The first-order valence-corrected chi connectivity index (χ1v) is 11.7. The second-order valence-corrected chi connectivity index (χ2v) is 9.11. The van der Waals surface area contributed by atoms with Crippen molar-refractivity contribution < 1.29 is 0 Å². The molecule has 8 rings (SSSR count). The molecule has 0 radical (unpaired) electrons. The smallest absolute Gasteiger partial charge is 0.0783 e. The molecule has 0 saturated heterocycles. The highest BCUT2D eigenvalue weighted by atomic mass is 15.0. The number of aromatic nitrogens is 2. The summed E-state index contributed by atoms with van der Waals surface area (Å²) in [4.78, 5) is 3.76. The van der Waals surface area contributed by atoms with Crippen molar-refractivity contribution in [3.05, 3.63) is 115 Å². The van der Waals surface area contributed by atoms with Crippen molar-refractivity contribution in [1.29, 1.82) is 0 Å². The lowest BCUT2D eigenvalue weighted by Crippen LogP contribution is -1.96. The van der Waals surface area contributed by atoms with Crippen LogP contribution < -0.4 is 0 Å². The Morgan fingerprint density at radius 1 is 0.471 bits per heavy atom. The molecule has 0 bridgehead atoms. The number of fused-ring (bicyclic) bond motifs is 9. The van der Waals surface area contributed by atoms with E-state index in [2.05, 4.69) is 125 Å². The molecule has 0 saturated carbocycles. The molecule has 34 heavy (non-hydrogen) atoms. The first-order chi connectivity index (χ1) is 16.9. The van der Waals surface area contributed by atoms with Gasteiger partial charge in [-0.15, -0.1) is 0 Å². The molecular weight excluding hydrogens is 412 g/mol. The van der Waals surface area contributed by atoms with E-state index < -0.39 is 0 Å². The standard InChI is InChI=1S/C32H20N2/c1-2-10-22-19-30-27(18-21(22)9-1)26-17-16-25-24-13-5-6-14-28(24)33-31(25)32(26)34(30)29-15-7-11-20-8-3-4-12-23(20)29/h1-19,33H. The van der Waals surface area contributed by atoms with Crippen LogP contribution in [0.2, 0.25) is 0 Å². The molecule has 0 spiro atoms. The number of hydrogen-bond acceptors (Lipinski definition) is 0. The fourth-order valence-corrected chi connectivity index (χ4v) is 5.76. The van der Waals surface area contributed by atoms with Gasteiger partial charge in [0, 0.05) is 32.4 Å². The maximum absolute atomic E-state index is 3.76. The number of nitrogens with one attached hydrogen (secondary N) is 1. The number of rotatable bonds is 1. The molecule has 0 unspecified atom stereocenters. The van der Waals surface area contributed by atoms with Crippen molar-refractivity contribution in [3.8, 4) is 5.69 Å². The zero-order valence-electron chi connectivity index (χ0n) is 18.4. The van der Waals surface area contributed by atoms with Crippen LogP contribution in [-0.2, 0) is 0 Å². The first-order valence-electron chi connectivity index (χ1n) is 11.7. The molecule has 0 atom stereocenters. The fourth-order valence-electron chi connectivity index (χ4n) is 5.76. The van der Waals surface area contributed by atoms with Gasteiger partial charge < -0.3 is 9.55 Å². The summed E-state index contributed by atoms with van der Waals surface area (Å²) >= 11 is 0. The van der Waals surface area contributed by atoms with E-state index >= 15 is 0 Å². The molecule has 0 aliphatic rings. The van der Waals surface area contributed by atoms with E-state index in [1.165, 1.54) is 70.8 Å². The highest BCUT2D eigenvalue weighted by Gasteiger charge is 2.19. The molecule has 2 heteroatoms. The van der Waals surface area contributed by atoms with Crippen LogP contribution in [0, 0.1) is 0 Å². The first kappa shape index (κ1) is 17.9. The second-order valence-electron chi connectivity index (χ2n) is 9.11. The number of para-hydroxylation sites is 1. The van der Waals surface area contributed by atoms with Crippen molar-refractivity contribution >= 4 is 65.2 Å². The quantitative estimate of drug-likeness (QED) is 0.268. The van der Waals surface area contributed by atoms with Crippen LogP contribution in [0.5, 0.6) is 0 Å². The SMILES string of the molecule is c1ccc2cc3c(cc2c1)c1ccc2c4ccccc4[nH]c2c1n3-c1cccc2ccccc12. The predicted octanol–water partition coefficient (Wildman–Crippen LogP) is 8.72. The number of nitrogens with zero attached hydrogens (tertiary/aromatic N) is 1. The predicted molar refractivity (Wildman–Crippen MR) is 145 cm³/mol. The van der Waals surface area contributed by atoms with E-state index in [0.717, 1.165) is 0 Å². The Morgan fingerprint density at radius 2 is 1.15 bits per heavy atom. The molecule has 8 aromatic rings. The van der Waals surface area contributed by atoms with Gasteiger partial charge in [-0.05, 0) is 40.4 Å². The third-order valence-corrected chi connectivity index (χ3v) is 7.28. The molecule has 2 aromatic heterocycles. The molecule has 158 valence electrons. The highest BCUT2D eigenvalue weighted by molar-refractivity contribution is 6.24. The molecule has 6 aromatic carbocycles. The Balaban J connectivity index is 1.67. The highest BCUT2D eigenvalue weighted by Crippen LogP contribution is 2.41. The van der Waals surface area contributed by atoms with E-state index in [1.54, 1.807) is 0 Å². The van der Waals surface area contributed by atoms with Crippen LogP contribution in [-0.4, -0.2) is 9.55 Å². The molecule has 2 nitrogen and oxygen atoms in total. The fraction of sp³-hybridized carbons (Fsp3) is 0. The molecule has 2 heterocycles. The lowest BCUT2D eigenvalue weighted by Gasteiger charge is -2.12. The number of aromatic amines is 1. The average molecular weight is 433 g/mol. The van der Waals surface area contributed by atoms with E-state index in [0.29, 0.717) is 0 Å². The monoisotopic (exact) mass is 432 g/mol. The van der Waals surface area contributed by atoms with Crippen LogP contribution in [0.4, 0.5) is 0 Å². The minimum Gasteiger partial charge on any atom is -0.353 e. The largest absolute Gasteiger partial charge is 0.353 e. The summed E-state index contributed by atoms with van der Waals surface area (Å²) in [7, 11) is 0. The normalized spacial score (nSPS) is 12.1. The van der Waals surface area contributed by atoms with Crippen molar-refractivity contribution in [3.63, 3.8) is 0 Å². The number of benzene rings is 6. The van der Waals surface area contributed by atoms with Gasteiger partial charge in [0.05, 0.1) is 22.2 Å². The van der Waals surface area contributed by atoms with Crippen LogP contribution in [0.1, 0.15) is 0 Å².